The summed E-state index contributed by atoms with van der Waals surface area (Å²) in [6.45, 7) is 2.13. The Morgan fingerprint density at radius 2 is 1.38 bits per heavy atom. The summed E-state index contributed by atoms with van der Waals surface area (Å²) < 4.78 is 40.9. The average Bonchev–Trinajstić information content (AvgIpc) is 4.10. The molecule has 1 aromatic heterocycles. The van der Waals surface area contributed by atoms with Crippen LogP contribution in [-0.2, 0) is 36.1 Å². The van der Waals surface area contributed by atoms with Gasteiger partial charge in [0.1, 0.15) is 29.9 Å². The number of fused-ring (bicyclic) bond motifs is 3. The summed E-state index contributed by atoms with van der Waals surface area (Å²) in [6.07, 6.45) is 2.37. The van der Waals surface area contributed by atoms with E-state index in [1.165, 1.54) is 0 Å². The van der Waals surface area contributed by atoms with Crippen LogP contribution in [0.1, 0.15) is 67.3 Å². The minimum atomic E-state index is -2.01. The Hall–Kier alpha value is -7.23. The van der Waals surface area contributed by atoms with Gasteiger partial charge in [-0.05, 0) is 65.6 Å². The van der Waals surface area contributed by atoms with Crippen molar-refractivity contribution >= 4 is 59.1 Å². The molecule has 5 aromatic carbocycles. The molecule has 3 aliphatic heterocycles. The first-order valence-corrected chi connectivity index (χ1v) is 19.4. The highest BCUT2D eigenvalue weighted by Crippen LogP contribution is 2.46. The quantitative estimate of drug-likeness (QED) is 0.104. The molecule has 0 fully saturated rings. The lowest BCUT2D eigenvalue weighted by atomic mass is 9.82. The number of hydrogen-bond acceptors (Lipinski definition) is 15. The second kappa shape index (κ2) is 16.9. The molecule has 0 saturated carbocycles. The Balaban J connectivity index is 0.000000173. The molecule has 3 atom stereocenters. The highest BCUT2D eigenvalue weighted by atomic mass is 32.1. The number of nitrogens with zero attached hydrogens (tertiary/aromatic N) is 2. The van der Waals surface area contributed by atoms with Crippen molar-refractivity contribution in [3.63, 3.8) is 0 Å². The van der Waals surface area contributed by atoms with Crippen LogP contribution in [0.3, 0.4) is 0 Å². The van der Waals surface area contributed by atoms with Crippen LogP contribution in [0.2, 0.25) is 0 Å². The zero-order valence-electron chi connectivity index (χ0n) is 31.8. The molecule has 15 heteroatoms. The maximum absolute atomic E-state index is 13.2. The molecule has 302 valence electrons. The molecule has 4 heterocycles. The van der Waals surface area contributed by atoms with Gasteiger partial charge in [0, 0.05) is 28.7 Å². The predicted molar refractivity (Wildman–Crippen MR) is 215 cm³/mol. The lowest BCUT2D eigenvalue weighted by Crippen LogP contribution is -2.29. The second-order valence-corrected chi connectivity index (χ2v) is 14.3. The molecule has 0 spiro atoms. The summed E-state index contributed by atoms with van der Waals surface area (Å²) >= 11 is 1.12. The lowest BCUT2D eigenvalue weighted by molar-refractivity contribution is -0.185. The van der Waals surface area contributed by atoms with E-state index in [9.17, 15) is 29.1 Å². The average molecular weight is 827 g/mol. The summed E-state index contributed by atoms with van der Waals surface area (Å²) in [5.74, 6) is -2.54. The third kappa shape index (κ3) is 7.70. The Morgan fingerprint density at radius 1 is 0.767 bits per heavy atom. The monoisotopic (exact) mass is 826 g/mol. The van der Waals surface area contributed by atoms with Crippen LogP contribution >= 0.6 is 11.7 Å². The molecular formula is C45H34N2O12S. The van der Waals surface area contributed by atoms with Gasteiger partial charge in [0.05, 0.1) is 35.7 Å². The van der Waals surface area contributed by atoms with E-state index >= 15 is 0 Å². The number of ether oxygens (including phenoxy) is 6. The zero-order valence-corrected chi connectivity index (χ0v) is 32.6. The zero-order chi connectivity index (χ0) is 41.8. The van der Waals surface area contributed by atoms with Gasteiger partial charge in [0.15, 0.2) is 23.0 Å². The fourth-order valence-electron chi connectivity index (χ4n) is 7.23. The van der Waals surface area contributed by atoms with E-state index in [4.69, 9.17) is 28.4 Å². The van der Waals surface area contributed by atoms with Crippen LogP contribution in [0.25, 0.3) is 16.6 Å². The SMILES string of the molecule is CCOC(=O)C(c1ccc2c(c1)OCO2)C(C=O)c1ccc(C=O)cc1.O=Cc1ccc(C2(O)OC(=O)C(c3ccc4c(c3)OCO4)=C2Cc2ccc3nsnc3c2)cc1. The number of aliphatic hydroxyl groups is 1. The van der Waals surface area contributed by atoms with Crippen LogP contribution in [0.5, 0.6) is 23.0 Å². The van der Waals surface area contributed by atoms with Gasteiger partial charge in [-0.1, -0.05) is 66.7 Å². The van der Waals surface area contributed by atoms with Crippen LogP contribution in [0.4, 0.5) is 0 Å². The number of esters is 2. The molecule has 14 nitrogen and oxygen atoms in total. The number of rotatable bonds is 12. The van der Waals surface area contributed by atoms with Gasteiger partial charge < -0.3 is 38.3 Å². The van der Waals surface area contributed by atoms with E-state index in [1.54, 1.807) is 91.9 Å². The van der Waals surface area contributed by atoms with Crippen molar-refractivity contribution in [2.24, 2.45) is 0 Å². The van der Waals surface area contributed by atoms with Crippen molar-refractivity contribution in [3.8, 4) is 23.0 Å². The third-order valence-electron chi connectivity index (χ3n) is 10.2. The van der Waals surface area contributed by atoms with Crippen molar-refractivity contribution in [1.29, 1.82) is 0 Å². The van der Waals surface area contributed by atoms with Crippen molar-refractivity contribution in [2.75, 3.05) is 20.2 Å². The molecule has 3 unspecified atom stereocenters. The highest BCUT2D eigenvalue weighted by Gasteiger charge is 2.48. The molecule has 0 aliphatic carbocycles. The number of carbonyl (C=O) groups excluding carboxylic acids is 5. The minimum absolute atomic E-state index is 0.101. The third-order valence-corrected chi connectivity index (χ3v) is 10.8. The number of benzene rings is 5. The van der Waals surface area contributed by atoms with Gasteiger partial charge in [-0.15, -0.1) is 0 Å². The van der Waals surface area contributed by atoms with E-state index in [0.29, 0.717) is 68.2 Å². The number of aldehydes is 3. The van der Waals surface area contributed by atoms with Gasteiger partial charge >= 0.3 is 11.9 Å². The lowest BCUT2D eigenvalue weighted by Gasteiger charge is -2.25. The maximum atomic E-state index is 13.2. The first kappa shape index (κ1) is 39.6. The van der Waals surface area contributed by atoms with Crippen molar-refractivity contribution in [3.05, 3.63) is 148 Å². The number of hydrogen-bond donors (Lipinski definition) is 1. The fourth-order valence-corrected chi connectivity index (χ4v) is 7.75. The molecule has 0 bridgehead atoms. The topological polar surface area (TPSA) is 187 Å². The van der Waals surface area contributed by atoms with Crippen molar-refractivity contribution in [1.82, 2.24) is 8.75 Å². The standard InChI is InChI=1S/C25H16N2O6S.C20H18O6/c28-12-14-1-5-17(6-2-14)25(30)18(9-15-3-7-19-20(10-15)27-34-26-19)23(24(29)33-25)16-4-8-21-22(11-16)32-13-31-21;1-2-24-20(23)19(15-7-8-17-18(9-15)26-12-25-17)16(11-22)14-5-3-13(10-21)4-6-14/h1-8,10-12,30H,9,13H2;3-11,16,19H,2,12H2,1H3. The van der Waals surface area contributed by atoms with E-state index in [2.05, 4.69) is 8.75 Å². The first-order valence-electron chi connectivity index (χ1n) is 18.7. The number of carbonyl (C=O) groups is 5. The Kier molecular flexibility index (Phi) is 11.2. The van der Waals surface area contributed by atoms with E-state index < -0.39 is 29.6 Å². The summed E-state index contributed by atoms with van der Waals surface area (Å²) in [5.41, 5.74) is 6.01. The molecule has 0 amide bonds. The molecule has 0 saturated heterocycles. The summed E-state index contributed by atoms with van der Waals surface area (Å²) in [7, 11) is 0. The van der Waals surface area contributed by atoms with Crippen LogP contribution < -0.4 is 18.9 Å². The largest absolute Gasteiger partial charge is 0.465 e. The van der Waals surface area contributed by atoms with Gasteiger partial charge in [-0.3, -0.25) is 14.4 Å². The van der Waals surface area contributed by atoms with Crippen LogP contribution in [0.15, 0.2) is 109 Å². The molecule has 60 heavy (non-hydrogen) atoms. The predicted octanol–water partition coefficient (Wildman–Crippen LogP) is 6.49. The van der Waals surface area contributed by atoms with Crippen LogP contribution in [-0.4, -0.2) is 64.8 Å². The van der Waals surface area contributed by atoms with E-state index in [0.717, 1.165) is 40.9 Å². The minimum Gasteiger partial charge on any atom is -0.465 e. The smallest absolute Gasteiger partial charge is 0.342 e. The summed E-state index contributed by atoms with van der Waals surface area (Å²) in [6, 6.07) is 28.7. The van der Waals surface area contributed by atoms with Gasteiger partial charge in [-0.25, -0.2) is 4.79 Å². The molecule has 3 aliphatic rings. The van der Waals surface area contributed by atoms with Crippen LogP contribution in [0, 0.1) is 0 Å². The Labute approximate surface area is 346 Å². The highest BCUT2D eigenvalue weighted by molar-refractivity contribution is 7.00. The molecule has 1 N–H and O–H groups in total. The molecule has 9 rings (SSSR count). The van der Waals surface area contributed by atoms with Gasteiger partial charge in [0.2, 0.25) is 13.6 Å². The first-order chi connectivity index (χ1) is 29.2. The number of aromatic nitrogens is 2. The van der Waals surface area contributed by atoms with Crippen molar-refractivity contribution < 1.29 is 57.5 Å². The number of cyclic esters (lactones) is 1. The summed E-state index contributed by atoms with van der Waals surface area (Å²) in [5, 5.41) is 11.7. The maximum Gasteiger partial charge on any atom is 0.342 e. The van der Waals surface area contributed by atoms with E-state index in [1.807, 2.05) is 18.2 Å². The Morgan fingerprint density at radius 3 is 2.05 bits per heavy atom. The molecule has 6 aromatic rings. The molecule has 0 radical (unpaired) electrons. The normalized spacial score (nSPS) is 17.0. The van der Waals surface area contributed by atoms with E-state index in [-0.39, 0.29) is 32.2 Å². The summed E-state index contributed by atoms with van der Waals surface area (Å²) in [4.78, 5) is 59.6. The van der Waals surface area contributed by atoms with Gasteiger partial charge in [-0.2, -0.15) is 8.75 Å². The van der Waals surface area contributed by atoms with Crippen molar-refractivity contribution in [2.45, 2.75) is 31.0 Å². The second-order valence-electron chi connectivity index (χ2n) is 13.7. The van der Waals surface area contributed by atoms with Gasteiger partial charge in [0.25, 0.3) is 5.79 Å². The fraction of sp³-hybridized carbons (Fsp3) is 0.178. The Bertz CT molecular complexity index is 2660. The molecular weight excluding hydrogens is 793 g/mol.